The van der Waals surface area contributed by atoms with Gasteiger partial charge >= 0.3 is 0 Å². The van der Waals surface area contributed by atoms with Crippen LogP contribution in [0.2, 0.25) is 0 Å². The van der Waals surface area contributed by atoms with Crippen molar-refractivity contribution < 1.29 is 14.0 Å². The topological polar surface area (TPSA) is 38.3 Å². The second kappa shape index (κ2) is 5.34. The first-order valence-electron chi connectivity index (χ1n) is 4.28. The number of carbonyl (C=O) groups is 1. The third kappa shape index (κ3) is 3.53. The summed E-state index contributed by atoms with van der Waals surface area (Å²) >= 11 is 0. The van der Waals surface area contributed by atoms with E-state index in [0.717, 1.165) is 5.56 Å². The van der Waals surface area contributed by atoms with Crippen LogP contribution in [0.25, 0.3) is 0 Å². The lowest BCUT2D eigenvalue weighted by molar-refractivity contribution is -0.131. The second-order valence-electron chi connectivity index (χ2n) is 2.86. The van der Waals surface area contributed by atoms with Gasteiger partial charge in [-0.3, -0.25) is 9.63 Å². The molecule has 0 saturated heterocycles. The highest BCUT2D eigenvalue weighted by atomic mass is 19.1. The minimum atomic E-state index is -0.268. The maximum Gasteiger partial charge on any atom is 0.243 e. The van der Waals surface area contributed by atoms with Gasteiger partial charge in [0.15, 0.2) is 0 Å². The number of hydrogen-bond donors (Lipinski definition) is 1. The quantitative estimate of drug-likeness (QED) is 0.741. The van der Waals surface area contributed by atoms with Gasteiger partial charge in [0.2, 0.25) is 5.91 Å². The summed E-state index contributed by atoms with van der Waals surface area (Å²) < 4.78 is 12.5. The lowest BCUT2D eigenvalue weighted by atomic mass is 10.1. The zero-order valence-electron chi connectivity index (χ0n) is 7.92. The van der Waals surface area contributed by atoms with Crippen molar-refractivity contribution in [2.45, 2.75) is 12.8 Å². The number of carbonyl (C=O) groups excluding carboxylic acids is 1. The summed E-state index contributed by atoms with van der Waals surface area (Å²) in [5.41, 5.74) is 3.14. The summed E-state index contributed by atoms with van der Waals surface area (Å²) in [5, 5.41) is 0. The summed E-state index contributed by atoms with van der Waals surface area (Å²) in [5.74, 6) is -0.452. The third-order valence-corrected chi connectivity index (χ3v) is 1.77. The van der Waals surface area contributed by atoms with Crippen LogP contribution in [0, 0.1) is 5.82 Å². The first kappa shape index (κ1) is 10.7. The van der Waals surface area contributed by atoms with E-state index in [2.05, 4.69) is 10.3 Å². The zero-order valence-corrected chi connectivity index (χ0v) is 7.92. The Morgan fingerprint density at radius 2 is 2.07 bits per heavy atom. The summed E-state index contributed by atoms with van der Waals surface area (Å²) in [7, 11) is 1.38. The molecule has 0 heterocycles. The van der Waals surface area contributed by atoms with Gasteiger partial charge in [-0.2, -0.15) is 0 Å². The minimum Gasteiger partial charge on any atom is -0.277 e. The molecule has 3 nitrogen and oxygen atoms in total. The van der Waals surface area contributed by atoms with Crippen LogP contribution in [0.4, 0.5) is 4.39 Å². The van der Waals surface area contributed by atoms with Gasteiger partial charge in [0.05, 0.1) is 7.11 Å². The van der Waals surface area contributed by atoms with Crippen molar-refractivity contribution in [2.75, 3.05) is 7.11 Å². The van der Waals surface area contributed by atoms with E-state index in [-0.39, 0.29) is 11.7 Å². The maximum absolute atomic E-state index is 12.5. The SMILES string of the molecule is CONC(=O)CCc1ccc(F)cc1. The predicted molar refractivity (Wildman–Crippen MR) is 49.9 cm³/mol. The van der Waals surface area contributed by atoms with E-state index >= 15 is 0 Å². The van der Waals surface area contributed by atoms with Crippen LogP contribution in [0.1, 0.15) is 12.0 Å². The van der Waals surface area contributed by atoms with E-state index in [0.29, 0.717) is 12.8 Å². The number of hydroxylamine groups is 1. The van der Waals surface area contributed by atoms with Gasteiger partial charge < -0.3 is 0 Å². The number of benzene rings is 1. The van der Waals surface area contributed by atoms with Crippen molar-refractivity contribution in [3.05, 3.63) is 35.6 Å². The minimum absolute atomic E-state index is 0.183. The number of amides is 1. The fourth-order valence-electron chi connectivity index (χ4n) is 1.07. The third-order valence-electron chi connectivity index (χ3n) is 1.77. The summed E-state index contributed by atoms with van der Waals surface area (Å²) in [6, 6.07) is 6.08. The Labute approximate surface area is 81.8 Å². The fourth-order valence-corrected chi connectivity index (χ4v) is 1.07. The molecule has 0 aliphatic carbocycles. The van der Waals surface area contributed by atoms with Gasteiger partial charge in [-0.15, -0.1) is 0 Å². The number of nitrogens with one attached hydrogen (secondary N) is 1. The zero-order chi connectivity index (χ0) is 10.4. The van der Waals surface area contributed by atoms with Crippen LogP contribution in [0.15, 0.2) is 24.3 Å². The average Bonchev–Trinajstić information content (AvgIpc) is 2.17. The van der Waals surface area contributed by atoms with Crippen molar-refractivity contribution in [3.8, 4) is 0 Å². The van der Waals surface area contributed by atoms with E-state index < -0.39 is 0 Å². The molecule has 0 saturated carbocycles. The van der Waals surface area contributed by atoms with Gasteiger partial charge in [0.25, 0.3) is 0 Å². The molecular formula is C10H12FNO2. The van der Waals surface area contributed by atoms with Crippen molar-refractivity contribution in [3.63, 3.8) is 0 Å². The molecule has 14 heavy (non-hydrogen) atoms. The highest BCUT2D eigenvalue weighted by molar-refractivity contribution is 5.74. The molecule has 1 amide bonds. The first-order valence-corrected chi connectivity index (χ1v) is 4.28. The van der Waals surface area contributed by atoms with E-state index in [9.17, 15) is 9.18 Å². The Morgan fingerprint density at radius 1 is 1.43 bits per heavy atom. The van der Waals surface area contributed by atoms with Gasteiger partial charge in [-0.05, 0) is 24.1 Å². The molecule has 0 fully saturated rings. The molecule has 0 bridgehead atoms. The van der Waals surface area contributed by atoms with Crippen molar-refractivity contribution in [2.24, 2.45) is 0 Å². The normalized spacial score (nSPS) is 9.86. The van der Waals surface area contributed by atoms with Crippen molar-refractivity contribution in [1.82, 2.24) is 5.48 Å². The first-order chi connectivity index (χ1) is 6.72. The summed E-state index contributed by atoms with van der Waals surface area (Å²) in [4.78, 5) is 15.4. The molecule has 1 aromatic carbocycles. The summed E-state index contributed by atoms with van der Waals surface area (Å²) in [6.07, 6.45) is 0.912. The smallest absolute Gasteiger partial charge is 0.243 e. The molecule has 1 rings (SSSR count). The monoisotopic (exact) mass is 197 g/mol. The lowest BCUT2D eigenvalue weighted by Gasteiger charge is -2.01. The van der Waals surface area contributed by atoms with E-state index in [1.807, 2.05) is 0 Å². The molecule has 0 aliphatic heterocycles. The number of halogens is 1. The molecular weight excluding hydrogens is 185 g/mol. The Kier molecular flexibility index (Phi) is 4.07. The van der Waals surface area contributed by atoms with Crippen LogP contribution in [0.5, 0.6) is 0 Å². The van der Waals surface area contributed by atoms with Gasteiger partial charge in [-0.25, -0.2) is 9.87 Å². The lowest BCUT2D eigenvalue weighted by Crippen LogP contribution is -2.21. The Morgan fingerprint density at radius 3 is 2.64 bits per heavy atom. The van der Waals surface area contributed by atoms with Gasteiger partial charge in [0, 0.05) is 6.42 Å². The van der Waals surface area contributed by atoms with Crippen molar-refractivity contribution in [1.29, 1.82) is 0 Å². The summed E-state index contributed by atoms with van der Waals surface area (Å²) in [6.45, 7) is 0. The molecule has 1 aromatic rings. The molecule has 1 N–H and O–H groups in total. The van der Waals surface area contributed by atoms with Crippen LogP contribution < -0.4 is 5.48 Å². The molecule has 0 radical (unpaired) electrons. The fraction of sp³-hybridized carbons (Fsp3) is 0.300. The Bertz CT molecular complexity index is 297. The van der Waals surface area contributed by atoms with E-state index in [1.165, 1.54) is 19.2 Å². The average molecular weight is 197 g/mol. The van der Waals surface area contributed by atoms with E-state index in [1.54, 1.807) is 12.1 Å². The molecule has 0 spiro atoms. The number of aryl methyl sites for hydroxylation is 1. The standard InChI is InChI=1S/C10H12FNO2/c1-14-12-10(13)7-4-8-2-5-9(11)6-3-8/h2-3,5-6H,4,7H2,1H3,(H,12,13). The molecule has 0 aliphatic rings. The van der Waals surface area contributed by atoms with E-state index in [4.69, 9.17) is 0 Å². The van der Waals surface area contributed by atoms with Gasteiger partial charge in [-0.1, -0.05) is 12.1 Å². The maximum atomic E-state index is 12.5. The Balaban J connectivity index is 2.38. The Hall–Kier alpha value is -1.42. The van der Waals surface area contributed by atoms with Crippen LogP contribution >= 0.6 is 0 Å². The van der Waals surface area contributed by atoms with Crippen LogP contribution in [-0.4, -0.2) is 13.0 Å². The highest BCUT2D eigenvalue weighted by Gasteiger charge is 2.00. The van der Waals surface area contributed by atoms with Crippen LogP contribution in [-0.2, 0) is 16.1 Å². The predicted octanol–water partition coefficient (Wildman–Crippen LogP) is 1.44. The highest BCUT2D eigenvalue weighted by Crippen LogP contribution is 2.05. The van der Waals surface area contributed by atoms with Crippen LogP contribution in [0.3, 0.4) is 0 Å². The molecule has 0 unspecified atom stereocenters. The van der Waals surface area contributed by atoms with Gasteiger partial charge in [0.1, 0.15) is 5.82 Å². The number of rotatable bonds is 4. The molecule has 76 valence electrons. The molecule has 4 heteroatoms. The molecule has 0 aromatic heterocycles. The van der Waals surface area contributed by atoms with Crippen molar-refractivity contribution >= 4 is 5.91 Å². The molecule has 0 atom stereocenters. The largest absolute Gasteiger partial charge is 0.277 e. The second-order valence-corrected chi connectivity index (χ2v) is 2.86. The number of hydrogen-bond acceptors (Lipinski definition) is 2.